The molecule has 0 aliphatic carbocycles. The fraction of sp³-hybridized carbons (Fsp3) is 0.182. The van der Waals surface area contributed by atoms with E-state index in [1.165, 1.54) is 6.20 Å². The first-order valence-corrected chi connectivity index (χ1v) is 9.20. The van der Waals surface area contributed by atoms with Crippen molar-refractivity contribution in [3.8, 4) is 11.1 Å². The van der Waals surface area contributed by atoms with Gasteiger partial charge in [0.05, 0.1) is 16.8 Å². The standard InChI is InChI=1S/C22H22N4O3/c1-4-14-9-17(13(3)25-21(14)28)15-8-16(11-24-10-15)22(29)26-18-7-5-6-12(2)19(18)20(23)27/h5-11H,4H2,1-3H3,(H2,23,27)(H,25,28)(H,26,29). The van der Waals surface area contributed by atoms with E-state index >= 15 is 0 Å². The molecule has 0 spiro atoms. The highest BCUT2D eigenvalue weighted by atomic mass is 16.2. The SMILES string of the molecule is CCc1cc(-c2cncc(C(=O)Nc3cccc(C)c3C(N)=O)c2)c(C)[nH]c1=O. The van der Waals surface area contributed by atoms with Crippen LogP contribution in [0.15, 0.2) is 47.5 Å². The number of amides is 2. The summed E-state index contributed by atoms with van der Waals surface area (Å²) < 4.78 is 0. The normalized spacial score (nSPS) is 10.6. The van der Waals surface area contributed by atoms with Crippen molar-refractivity contribution in [1.29, 1.82) is 0 Å². The molecular formula is C22H22N4O3. The number of rotatable bonds is 5. The smallest absolute Gasteiger partial charge is 0.257 e. The number of pyridine rings is 2. The second kappa shape index (κ2) is 8.10. The van der Waals surface area contributed by atoms with E-state index in [1.807, 2.05) is 13.0 Å². The van der Waals surface area contributed by atoms with Gasteiger partial charge in [0.1, 0.15) is 0 Å². The van der Waals surface area contributed by atoms with Crippen molar-refractivity contribution in [1.82, 2.24) is 9.97 Å². The molecule has 0 aliphatic heterocycles. The Balaban J connectivity index is 1.97. The maximum atomic E-state index is 12.8. The summed E-state index contributed by atoms with van der Waals surface area (Å²) in [6, 6.07) is 8.63. The third-order valence-corrected chi connectivity index (χ3v) is 4.77. The number of carbonyl (C=O) groups excluding carboxylic acids is 2. The van der Waals surface area contributed by atoms with Crippen LogP contribution in [-0.2, 0) is 6.42 Å². The van der Waals surface area contributed by atoms with Crippen LogP contribution in [-0.4, -0.2) is 21.8 Å². The van der Waals surface area contributed by atoms with Gasteiger partial charge in [0.2, 0.25) is 0 Å². The second-order valence-corrected chi connectivity index (χ2v) is 6.79. The maximum absolute atomic E-state index is 12.8. The van der Waals surface area contributed by atoms with E-state index in [4.69, 9.17) is 5.73 Å². The zero-order valence-electron chi connectivity index (χ0n) is 16.5. The molecule has 0 bridgehead atoms. The lowest BCUT2D eigenvalue weighted by Crippen LogP contribution is -2.19. The van der Waals surface area contributed by atoms with Crippen molar-refractivity contribution in [3.63, 3.8) is 0 Å². The van der Waals surface area contributed by atoms with Gasteiger partial charge in [-0.25, -0.2) is 0 Å². The molecule has 0 fully saturated rings. The number of aromatic nitrogens is 2. The van der Waals surface area contributed by atoms with Gasteiger partial charge in [-0.3, -0.25) is 19.4 Å². The summed E-state index contributed by atoms with van der Waals surface area (Å²) in [6.45, 7) is 5.46. The molecule has 7 heteroatoms. The Morgan fingerprint density at radius 3 is 2.62 bits per heavy atom. The summed E-state index contributed by atoms with van der Waals surface area (Å²) in [6.07, 6.45) is 3.68. The van der Waals surface area contributed by atoms with E-state index < -0.39 is 11.8 Å². The van der Waals surface area contributed by atoms with E-state index in [2.05, 4.69) is 15.3 Å². The molecule has 3 aromatic rings. The van der Waals surface area contributed by atoms with E-state index in [-0.39, 0.29) is 11.1 Å². The summed E-state index contributed by atoms with van der Waals surface area (Å²) in [7, 11) is 0. The topological polar surface area (TPSA) is 118 Å². The number of primary amides is 1. The van der Waals surface area contributed by atoms with Crippen LogP contribution in [0.3, 0.4) is 0 Å². The minimum absolute atomic E-state index is 0.117. The predicted molar refractivity (Wildman–Crippen MR) is 112 cm³/mol. The first-order valence-electron chi connectivity index (χ1n) is 9.20. The zero-order valence-corrected chi connectivity index (χ0v) is 16.5. The van der Waals surface area contributed by atoms with Gasteiger partial charge in [0.15, 0.2) is 0 Å². The van der Waals surface area contributed by atoms with Crippen molar-refractivity contribution in [3.05, 3.63) is 81.0 Å². The molecule has 2 heterocycles. The van der Waals surface area contributed by atoms with Gasteiger partial charge >= 0.3 is 0 Å². The summed E-state index contributed by atoms with van der Waals surface area (Å²) in [5.41, 5.74) is 9.83. The van der Waals surface area contributed by atoms with Crippen LogP contribution in [0.5, 0.6) is 0 Å². The molecule has 0 saturated carbocycles. The maximum Gasteiger partial charge on any atom is 0.257 e. The number of nitrogens with one attached hydrogen (secondary N) is 2. The van der Waals surface area contributed by atoms with Crippen molar-refractivity contribution >= 4 is 17.5 Å². The molecule has 148 valence electrons. The number of nitrogens with zero attached hydrogens (tertiary/aromatic N) is 1. The zero-order chi connectivity index (χ0) is 21.1. The molecular weight excluding hydrogens is 368 g/mol. The molecule has 4 N–H and O–H groups in total. The Hall–Kier alpha value is -3.74. The van der Waals surface area contributed by atoms with Crippen molar-refractivity contribution in [2.45, 2.75) is 27.2 Å². The van der Waals surface area contributed by atoms with Gasteiger partial charge in [0.25, 0.3) is 17.4 Å². The largest absolute Gasteiger partial charge is 0.366 e. The van der Waals surface area contributed by atoms with Gasteiger partial charge in [-0.2, -0.15) is 0 Å². The fourth-order valence-corrected chi connectivity index (χ4v) is 3.23. The van der Waals surface area contributed by atoms with E-state index in [9.17, 15) is 14.4 Å². The van der Waals surface area contributed by atoms with Crippen LogP contribution in [0.4, 0.5) is 5.69 Å². The second-order valence-electron chi connectivity index (χ2n) is 6.79. The third-order valence-electron chi connectivity index (χ3n) is 4.77. The Kier molecular flexibility index (Phi) is 5.59. The number of carbonyl (C=O) groups is 2. The molecule has 2 amide bonds. The molecule has 0 atom stereocenters. The summed E-state index contributed by atoms with van der Waals surface area (Å²) in [5, 5.41) is 2.74. The Labute approximate surface area is 168 Å². The van der Waals surface area contributed by atoms with Crippen LogP contribution >= 0.6 is 0 Å². The number of H-pyrrole nitrogens is 1. The molecule has 0 radical (unpaired) electrons. The minimum Gasteiger partial charge on any atom is -0.366 e. The highest BCUT2D eigenvalue weighted by molar-refractivity contribution is 6.09. The Morgan fingerprint density at radius 2 is 1.93 bits per heavy atom. The minimum atomic E-state index is -0.610. The highest BCUT2D eigenvalue weighted by Gasteiger charge is 2.16. The number of aryl methyl sites for hydroxylation is 3. The average molecular weight is 390 g/mol. The number of nitrogens with two attached hydrogens (primary N) is 1. The van der Waals surface area contributed by atoms with Gasteiger partial charge in [-0.1, -0.05) is 19.1 Å². The van der Waals surface area contributed by atoms with Crippen molar-refractivity contribution in [2.75, 3.05) is 5.32 Å². The Bertz CT molecular complexity index is 1160. The van der Waals surface area contributed by atoms with Crippen LogP contribution in [0.2, 0.25) is 0 Å². The van der Waals surface area contributed by atoms with Crippen LogP contribution in [0.25, 0.3) is 11.1 Å². The van der Waals surface area contributed by atoms with Gasteiger partial charge in [-0.05, 0) is 44.0 Å². The number of anilines is 1. The lowest BCUT2D eigenvalue weighted by atomic mass is 10.0. The summed E-state index contributed by atoms with van der Waals surface area (Å²) >= 11 is 0. The molecule has 0 saturated heterocycles. The van der Waals surface area contributed by atoms with Gasteiger partial charge in [-0.15, -0.1) is 0 Å². The van der Waals surface area contributed by atoms with Crippen LogP contribution in [0.1, 0.15) is 44.5 Å². The fourth-order valence-electron chi connectivity index (χ4n) is 3.23. The van der Waals surface area contributed by atoms with Gasteiger partial charge in [0, 0.05) is 34.8 Å². The van der Waals surface area contributed by atoms with Gasteiger partial charge < -0.3 is 16.0 Å². The quantitative estimate of drug-likeness (QED) is 0.621. The molecule has 2 aromatic heterocycles. The monoisotopic (exact) mass is 390 g/mol. The molecule has 0 unspecified atom stereocenters. The first-order chi connectivity index (χ1) is 13.8. The summed E-state index contributed by atoms with van der Waals surface area (Å²) in [5.74, 6) is -1.02. The summed E-state index contributed by atoms with van der Waals surface area (Å²) in [4.78, 5) is 43.5. The van der Waals surface area contributed by atoms with Crippen LogP contribution < -0.4 is 16.6 Å². The third kappa shape index (κ3) is 4.08. The predicted octanol–water partition coefficient (Wildman–Crippen LogP) is 2.97. The average Bonchev–Trinajstić information content (AvgIpc) is 2.68. The number of hydrogen-bond donors (Lipinski definition) is 3. The lowest BCUT2D eigenvalue weighted by Gasteiger charge is -2.12. The van der Waals surface area contributed by atoms with E-state index in [0.29, 0.717) is 40.1 Å². The number of hydrogen-bond acceptors (Lipinski definition) is 4. The van der Waals surface area contributed by atoms with Crippen molar-refractivity contribution < 1.29 is 9.59 Å². The number of aromatic amines is 1. The van der Waals surface area contributed by atoms with E-state index in [0.717, 1.165) is 5.56 Å². The molecule has 7 nitrogen and oxygen atoms in total. The van der Waals surface area contributed by atoms with Crippen molar-refractivity contribution in [2.24, 2.45) is 5.73 Å². The number of benzene rings is 1. The van der Waals surface area contributed by atoms with Crippen LogP contribution in [0, 0.1) is 13.8 Å². The molecule has 3 rings (SSSR count). The van der Waals surface area contributed by atoms with E-state index in [1.54, 1.807) is 44.3 Å². The molecule has 1 aromatic carbocycles. The molecule has 0 aliphatic rings. The highest BCUT2D eigenvalue weighted by Crippen LogP contribution is 2.24. The first kappa shape index (κ1) is 20.0. The Morgan fingerprint density at radius 1 is 1.17 bits per heavy atom. The lowest BCUT2D eigenvalue weighted by molar-refractivity contribution is 0.100. The molecule has 29 heavy (non-hydrogen) atoms.